The van der Waals surface area contributed by atoms with E-state index in [1.165, 1.54) is 17.8 Å². The van der Waals surface area contributed by atoms with Crippen LogP contribution in [0, 0.1) is 11.6 Å². The van der Waals surface area contributed by atoms with Crippen LogP contribution in [-0.2, 0) is 5.60 Å². The Hall–Kier alpha value is -3.56. The highest BCUT2D eigenvalue weighted by Gasteiger charge is 2.23. The standard InChI is InChI=1S/C28H30F2N6O/c1-4-36-11-8-17(9-12-36)18-5-6-24(32-15-18)34-27-33-16-23(30)25(35-27)19-13-20-21(28(2,3)37)7-10-31-26(20)22(29)14-19/h5-7,10,13-17,37H,4,8-9,11-12H2,1-3H3,(H,32,33,34,35). The molecule has 192 valence electrons. The number of nitrogens with one attached hydrogen (secondary N) is 1. The van der Waals surface area contributed by atoms with Gasteiger partial charge in [-0.25, -0.2) is 23.7 Å². The Labute approximate surface area is 214 Å². The average Bonchev–Trinajstić information content (AvgIpc) is 2.89. The third-order valence-corrected chi connectivity index (χ3v) is 7.01. The molecule has 1 saturated heterocycles. The van der Waals surface area contributed by atoms with Gasteiger partial charge in [-0.3, -0.25) is 4.98 Å². The highest BCUT2D eigenvalue weighted by atomic mass is 19.1. The topological polar surface area (TPSA) is 87.1 Å². The minimum atomic E-state index is -1.24. The van der Waals surface area contributed by atoms with Crippen LogP contribution >= 0.6 is 0 Å². The largest absolute Gasteiger partial charge is 0.386 e. The number of aromatic nitrogens is 4. The Morgan fingerprint density at radius 1 is 1.03 bits per heavy atom. The van der Waals surface area contributed by atoms with E-state index in [-0.39, 0.29) is 22.7 Å². The predicted molar refractivity (Wildman–Crippen MR) is 140 cm³/mol. The minimum Gasteiger partial charge on any atom is -0.386 e. The summed E-state index contributed by atoms with van der Waals surface area (Å²) < 4.78 is 29.8. The lowest BCUT2D eigenvalue weighted by molar-refractivity contribution is 0.0801. The molecule has 4 aromatic rings. The Balaban J connectivity index is 1.41. The van der Waals surface area contributed by atoms with E-state index in [1.54, 1.807) is 26.0 Å². The van der Waals surface area contributed by atoms with E-state index >= 15 is 0 Å². The van der Waals surface area contributed by atoms with Crippen molar-refractivity contribution in [1.29, 1.82) is 0 Å². The number of hydrogen-bond donors (Lipinski definition) is 2. The van der Waals surface area contributed by atoms with E-state index in [9.17, 15) is 13.9 Å². The van der Waals surface area contributed by atoms with Gasteiger partial charge in [0.2, 0.25) is 5.95 Å². The highest BCUT2D eigenvalue weighted by molar-refractivity contribution is 5.88. The lowest BCUT2D eigenvalue weighted by atomic mass is 9.90. The van der Waals surface area contributed by atoms with Gasteiger partial charge in [0.25, 0.3) is 0 Å². The molecule has 7 nitrogen and oxygen atoms in total. The second-order valence-corrected chi connectivity index (χ2v) is 9.97. The van der Waals surface area contributed by atoms with Crippen molar-refractivity contribution in [3.8, 4) is 11.3 Å². The Bertz CT molecular complexity index is 1410. The molecule has 0 unspecified atom stereocenters. The first-order valence-electron chi connectivity index (χ1n) is 12.5. The van der Waals surface area contributed by atoms with Gasteiger partial charge in [0.15, 0.2) is 5.82 Å². The van der Waals surface area contributed by atoms with Crippen LogP contribution in [0.5, 0.6) is 0 Å². The molecular weight excluding hydrogens is 474 g/mol. The Kier molecular flexibility index (Phi) is 6.83. The molecule has 5 rings (SSSR count). The molecule has 4 heterocycles. The summed E-state index contributed by atoms with van der Waals surface area (Å²) in [4.78, 5) is 19.4. The first-order chi connectivity index (χ1) is 17.7. The molecule has 0 saturated carbocycles. The molecule has 0 amide bonds. The average molecular weight is 505 g/mol. The molecule has 37 heavy (non-hydrogen) atoms. The monoisotopic (exact) mass is 504 g/mol. The van der Waals surface area contributed by atoms with E-state index in [0.29, 0.717) is 22.7 Å². The maximum Gasteiger partial charge on any atom is 0.229 e. The summed E-state index contributed by atoms with van der Waals surface area (Å²) in [7, 11) is 0. The zero-order valence-electron chi connectivity index (χ0n) is 21.2. The van der Waals surface area contributed by atoms with Gasteiger partial charge in [-0.1, -0.05) is 13.0 Å². The zero-order chi connectivity index (χ0) is 26.2. The maximum absolute atomic E-state index is 15.0. The van der Waals surface area contributed by atoms with Crippen molar-refractivity contribution in [2.45, 2.75) is 45.1 Å². The molecule has 0 radical (unpaired) electrons. The van der Waals surface area contributed by atoms with Crippen LogP contribution in [-0.4, -0.2) is 49.6 Å². The second kappa shape index (κ2) is 10.1. The van der Waals surface area contributed by atoms with E-state index < -0.39 is 17.2 Å². The third-order valence-electron chi connectivity index (χ3n) is 7.01. The van der Waals surface area contributed by atoms with Crippen molar-refractivity contribution >= 4 is 22.7 Å². The third kappa shape index (κ3) is 5.28. The van der Waals surface area contributed by atoms with Crippen LogP contribution in [0.2, 0.25) is 0 Å². The summed E-state index contributed by atoms with van der Waals surface area (Å²) >= 11 is 0. The summed E-state index contributed by atoms with van der Waals surface area (Å²) in [6.45, 7) is 8.66. The summed E-state index contributed by atoms with van der Waals surface area (Å²) in [5.41, 5.74) is 0.686. The van der Waals surface area contributed by atoms with E-state index in [4.69, 9.17) is 0 Å². The fourth-order valence-corrected chi connectivity index (χ4v) is 4.93. The molecule has 1 fully saturated rings. The molecule has 9 heteroatoms. The van der Waals surface area contributed by atoms with Gasteiger partial charge in [-0.15, -0.1) is 0 Å². The number of hydrogen-bond acceptors (Lipinski definition) is 7. The fraction of sp³-hybridized carbons (Fsp3) is 0.357. The van der Waals surface area contributed by atoms with Crippen molar-refractivity contribution in [3.05, 3.63) is 71.7 Å². The van der Waals surface area contributed by atoms with Crippen LogP contribution in [0.4, 0.5) is 20.5 Å². The number of likely N-dealkylation sites (tertiary alicyclic amines) is 1. The molecule has 1 aliphatic rings. The van der Waals surface area contributed by atoms with Gasteiger partial charge >= 0.3 is 0 Å². The molecule has 0 aliphatic carbocycles. The second-order valence-electron chi connectivity index (χ2n) is 9.97. The maximum atomic E-state index is 15.0. The van der Waals surface area contributed by atoms with Crippen molar-refractivity contribution in [2.75, 3.05) is 25.0 Å². The van der Waals surface area contributed by atoms with E-state index in [0.717, 1.165) is 38.7 Å². The number of aliphatic hydroxyl groups is 1. The van der Waals surface area contributed by atoms with Gasteiger partial charge in [0.05, 0.1) is 11.8 Å². The Morgan fingerprint density at radius 3 is 2.49 bits per heavy atom. The van der Waals surface area contributed by atoms with Gasteiger partial charge in [0, 0.05) is 23.3 Å². The summed E-state index contributed by atoms with van der Waals surface area (Å²) in [6.07, 6.45) is 6.57. The normalized spacial score (nSPS) is 15.3. The number of fused-ring (bicyclic) bond motifs is 1. The van der Waals surface area contributed by atoms with E-state index in [2.05, 4.69) is 43.1 Å². The van der Waals surface area contributed by atoms with Crippen LogP contribution < -0.4 is 5.32 Å². The molecule has 0 spiro atoms. The summed E-state index contributed by atoms with van der Waals surface area (Å²) in [5, 5.41) is 14.0. The van der Waals surface area contributed by atoms with Crippen LogP contribution in [0.1, 0.15) is 50.7 Å². The smallest absolute Gasteiger partial charge is 0.229 e. The van der Waals surface area contributed by atoms with Crippen molar-refractivity contribution < 1.29 is 13.9 Å². The Morgan fingerprint density at radius 2 is 1.81 bits per heavy atom. The molecule has 0 bridgehead atoms. The first kappa shape index (κ1) is 25.1. The van der Waals surface area contributed by atoms with Crippen molar-refractivity contribution in [2.24, 2.45) is 0 Å². The molecule has 0 atom stereocenters. The van der Waals surface area contributed by atoms with Crippen molar-refractivity contribution in [3.63, 3.8) is 0 Å². The van der Waals surface area contributed by atoms with Crippen molar-refractivity contribution in [1.82, 2.24) is 24.8 Å². The quantitative estimate of drug-likeness (QED) is 0.357. The van der Waals surface area contributed by atoms with Crippen LogP contribution in [0.15, 0.2) is 48.9 Å². The fourth-order valence-electron chi connectivity index (χ4n) is 4.93. The van der Waals surface area contributed by atoms with Gasteiger partial charge in [-0.05, 0) is 87.6 Å². The number of nitrogens with zero attached hydrogens (tertiary/aromatic N) is 5. The molecule has 1 aliphatic heterocycles. The number of anilines is 2. The minimum absolute atomic E-state index is 0.0665. The molecule has 2 N–H and O–H groups in total. The number of pyridine rings is 2. The van der Waals surface area contributed by atoms with Crippen LogP contribution in [0.3, 0.4) is 0 Å². The lowest BCUT2D eigenvalue weighted by Crippen LogP contribution is -2.32. The first-order valence-corrected chi connectivity index (χ1v) is 12.5. The molecule has 3 aromatic heterocycles. The predicted octanol–water partition coefficient (Wildman–Crippen LogP) is 5.54. The SMILES string of the molecule is CCN1CCC(c2ccc(Nc3ncc(F)c(-c4cc(F)c5nccc(C(C)(C)O)c5c4)n3)nc2)CC1. The molecule has 1 aromatic carbocycles. The zero-order valence-corrected chi connectivity index (χ0v) is 21.2. The number of halogens is 2. The lowest BCUT2D eigenvalue weighted by Gasteiger charge is -2.31. The summed E-state index contributed by atoms with van der Waals surface area (Å²) in [5.74, 6) is -0.162. The van der Waals surface area contributed by atoms with E-state index in [1.807, 2.05) is 12.3 Å². The van der Waals surface area contributed by atoms with Gasteiger partial charge in [0.1, 0.15) is 22.8 Å². The van der Waals surface area contributed by atoms with Gasteiger partial charge < -0.3 is 15.3 Å². The molecular formula is C28H30F2N6O. The van der Waals surface area contributed by atoms with Crippen LogP contribution in [0.25, 0.3) is 22.2 Å². The summed E-state index contributed by atoms with van der Waals surface area (Å²) in [6, 6.07) is 8.32. The number of rotatable bonds is 6. The number of benzene rings is 1. The van der Waals surface area contributed by atoms with Gasteiger partial charge in [-0.2, -0.15) is 0 Å². The highest BCUT2D eigenvalue weighted by Crippen LogP contribution is 2.33. The number of piperidine rings is 1.